The summed E-state index contributed by atoms with van der Waals surface area (Å²) in [6.45, 7) is 4.14. The highest BCUT2D eigenvalue weighted by molar-refractivity contribution is 4.79. The number of likely N-dealkylation sites (tertiary alicyclic amines) is 1. The van der Waals surface area contributed by atoms with E-state index in [-0.39, 0.29) is 12.2 Å². The summed E-state index contributed by atoms with van der Waals surface area (Å²) in [6.07, 6.45) is 0.434. The highest BCUT2D eigenvalue weighted by atomic mass is 16.3. The Morgan fingerprint density at radius 2 is 2.20 bits per heavy atom. The molecule has 1 fully saturated rings. The minimum atomic E-state index is -0.215. The van der Waals surface area contributed by atoms with Gasteiger partial charge in [-0.15, -0.1) is 0 Å². The number of rotatable bonds is 3. The van der Waals surface area contributed by atoms with E-state index >= 15 is 0 Å². The fourth-order valence-corrected chi connectivity index (χ4v) is 1.12. The van der Waals surface area contributed by atoms with Crippen molar-refractivity contribution in [3.8, 4) is 0 Å². The molecule has 0 saturated carbocycles. The molecule has 1 atom stereocenters. The number of hydrogen-bond acceptors (Lipinski definition) is 3. The van der Waals surface area contributed by atoms with Gasteiger partial charge in [-0.3, -0.25) is 4.90 Å². The Balaban J connectivity index is 2.04. The van der Waals surface area contributed by atoms with Gasteiger partial charge in [-0.05, 0) is 6.42 Å². The number of nitrogens with zero attached hydrogens (tertiary/aromatic N) is 1. The van der Waals surface area contributed by atoms with Crippen LogP contribution in [0.1, 0.15) is 13.3 Å². The van der Waals surface area contributed by atoms with Crippen molar-refractivity contribution in [2.24, 2.45) is 0 Å². The van der Waals surface area contributed by atoms with E-state index in [1.807, 2.05) is 6.92 Å². The lowest BCUT2D eigenvalue weighted by atomic mass is 10.1. The monoisotopic (exact) mass is 145 g/mol. The van der Waals surface area contributed by atoms with Gasteiger partial charge in [0.1, 0.15) is 0 Å². The standard InChI is InChI=1S/C7H15NO2/c1-2-6(9)3-8-4-7(10)5-8/h6-7,9-10H,2-5H2,1H3/t6-/m0/s1. The minimum absolute atomic E-state index is 0.149. The Morgan fingerprint density at radius 3 is 2.60 bits per heavy atom. The van der Waals surface area contributed by atoms with Gasteiger partial charge in [-0.2, -0.15) is 0 Å². The van der Waals surface area contributed by atoms with Crippen LogP contribution in [0.2, 0.25) is 0 Å². The fraction of sp³-hybridized carbons (Fsp3) is 1.00. The van der Waals surface area contributed by atoms with Crippen LogP contribution in [-0.2, 0) is 0 Å². The SMILES string of the molecule is CC[C@H](O)CN1CC(O)C1. The van der Waals surface area contributed by atoms with Crippen LogP contribution in [0.5, 0.6) is 0 Å². The molecule has 0 radical (unpaired) electrons. The molecule has 1 aliphatic heterocycles. The molecule has 0 aromatic carbocycles. The first-order valence-corrected chi connectivity index (χ1v) is 3.81. The van der Waals surface area contributed by atoms with Crippen molar-refractivity contribution in [2.75, 3.05) is 19.6 Å². The molecule has 60 valence electrons. The molecule has 1 saturated heterocycles. The lowest BCUT2D eigenvalue weighted by molar-refractivity contribution is -0.0221. The first-order valence-electron chi connectivity index (χ1n) is 3.81. The summed E-state index contributed by atoms with van der Waals surface area (Å²) in [7, 11) is 0. The first kappa shape index (κ1) is 7.98. The van der Waals surface area contributed by atoms with E-state index in [1.54, 1.807) is 0 Å². The van der Waals surface area contributed by atoms with Crippen LogP contribution in [0.15, 0.2) is 0 Å². The quantitative estimate of drug-likeness (QED) is 0.559. The Bertz CT molecular complexity index is 102. The van der Waals surface area contributed by atoms with E-state index in [0.29, 0.717) is 6.54 Å². The Labute approximate surface area is 61.3 Å². The summed E-state index contributed by atoms with van der Waals surface area (Å²) < 4.78 is 0. The van der Waals surface area contributed by atoms with Gasteiger partial charge in [0.25, 0.3) is 0 Å². The number of aliphatic hydroxyl groups is 2. The smallest absolute Gasteiger partial charge is 0.0793 e. The van der Waals surface area contributed by atoms with Gasteiger partial charge in [0.05, 0.1) is 12.2 Å². The maximum Gasteiger partial charge on any atom is 0.0793 e. The van der Waals surface area contributed by atoms with Crippen LogP contribution in [0, 0.1) is 0 Å². The summed E-state index contributed by atoms with van der Waals surface area (Å²) in [5.41, 5.74) is 0. The number of aliphatic hydroxyl groups excluding tert-OH is 2. The maximum atomic E-state index is 9.16. The summed E-state index contributed by atoms with van der Waals surface area (Å²) in [6, 6.07) is 0. The third-order valence-corrected chi connectivity index (χ3v) is 1.88. The maximum absolute atomic E-state index is 9.16. The van der Waals surface area contributed by atoms with Crippen molar-refractivity contribution in [3.05, 3.63) is 0 Å². The predicted molar refractivity (Wildman–Crippen MR) is 38.7 cm³/mol. The summed E-state index contributed by atoms with van der Waals surface area (Å²) in [4.78, 5) is 2.05. The van der Waals surface area contributed by atoms with Crippen LogP contribution in [-0.4, -0.2) is 47.0 Å². The molecule has 3 heteroatoms. The van der Waals surface area contributed by atoms with E-state index in [1.165, 1.54) is 0 Å². The van der Waals surface area contributed by atoms with E-state index in [2.05, 4.69) is 4.90 Å². The van der Waals surface area contributed by atoms with Crippen molar-refractivity contribution >= 4 is 0 Å². The largest absolute Gasteiger partial charge is 0.392 e. The fourth-order valence-electron chi connectivity index (χ4n) is 1.12. The van der Waals surface area contributed by atoms with Gasteiger partial charge >= 0.3 is 0 Å². The van der Waals surface area contributed by atoms with Gasteiger partial charge in [0.2, 0.25) is 0 Å². The Morgan fingerprint density at radius 1 is 1.60 bits per heavy atom. The lowest BCUT2D eigenvalue weighted by Crippen LogP contribution is -2.52. The van der Waals surface area contributed by atoms with E-state index in [0.717, 1.165) is 19.5 Å². The van der Waals surface area contributed by atoms with Crippen LogP contribution in [0.3, 0.4) is 0 Å². The third kappa shape index (κ3) is 1.94. The van der Waals surface area contributed by atoms with E-state index in [4.69, 9.17) is 10.2 Å². The lowest BCUT2D eigenvalue weighted by Gasteiger charge is -2.36. The molecule has 0 bridgehead atoms. The average Bonchev–Trinajstić information content (AvgIpc) is 1.84. The topological polar surface area (TPSA) is 43.7 Å². The zero-order valence-electron chi connectivity index (χ0n) is 6.32. The summed E-state index contributed by atoms with van der Waals surface area (Å²) >= 11 is 0. The molecule has 0 aliphatic carbocycles. The Hall–Kier alpha value is -0.120. The first-order chi connectivity index (χ1) is 4.72. The average molecular weight is 145 g/mol. The highest BCUT2D eigenvalue weighted by Gasteiger charge is 2.25. The van der Waals surface area contributed by atoms with Crippen molar-refractivity contribution in [2.45, 2.75) is 25.6 Å². The predicted octanol–water partition coefficient (Wildman–Crippen LogP) is -0.566. The number of hydrogen-bond donors (Lipinski definition) is 2. The molecule has 0 amide bonds. The van der Waals surface area contributed by atoms with Crippen LogP contribution in [0.4, 0.5) is 0 Å². The molecule has 0 aromatic rings. The van der Waals surface area contributed by atoms with Gasteiger partial charge in [0.15, 0.2) is 0 Å². The normalized spacial score (nSPS) is 24.3. The molecule has 1 aliphatic rings. The highest BCUT2D eigenvalue weighted by Crippen LogP contribution is 2.08. The second-order valence-corrected chi connectivity index (χ2v) is 2.93. The molecular formula is C7H15NO2. The van der Waals surface area contributed by atoms with Gasteiger partial charge in [-0.1, -0.05) is 6.92 Å². The third-order valence-electron chi connectivity index (χ3n) is 1.88. The zero-order chi connectivity index (χ0) is 7.56. The summed E-state index contributed by atoms with van der Waals surface area (Å²) in [5, 5.41) is 18.0. The van der Waals surface area contributed by atoms with E-state index in [9.17, 15) is 0 Å². The molecule has 0 aromatic heterocycles. The second kappa shape index (κ2) is 3.32. The van der Waals surface area contributed by atoms with Crippen molar-refractivity contribution in [1.29, 1.82) is 0 Å². The molecule has 1 heterocycles. The molecule has 0 unspecified atom stereocenters. The molecule has 2 N–H and O–H groups in total. The molecule has 10 heavy (non-hydrogen) atoms. The second-order valence-electron chi connectivity index (χ2n) is 2.93. The van der Waals surface area contributed by atoms with Gasteiger partial charge < -0.3 is 10.2 Å². The van der Waals surface area contributed by atoms with Gasteiger partial charge in [0, 0.05) is 19.6 Å². The van der Waals surface area contributed by atoms with Crippen molar-refractivity contribution in [1.82, 2.24) is 4.90 Å². The van der Waals surface area contributed by atoms with Crippen LogP contribution in [0.25, 0.3) is 0 Å². The van der Waals surface area contributed by atoms with E-state index < -0.39 is 0 Å². The van der Waals surface area contributed by atoms with Crippen molar-refractivity contribution < 1.29 is 10.2 Å². The molecule has 3 nitrogen and oxygen atoms in total. The van der Waals surface area contributed by atoms with Gasteiger partial charge in [-0.25, -0.2) is 0 Å². The van der Waals surface area contributed by atoms with Crippen LogP contribution < -0.4 is 0 Å². The summed E-state index contributed by atoms with van der Waals surface area (Å²) in [5.74, 6) is 0. The molecular weight excluding hydrogens is 130 g/mol. The van der Waals surface area contributed by atoms with Crippen molar-refractivity contribution in [3.63, 3.8) is 0 Å². The molecule has 0 spiro atoms. The number of β-amino-alcohol motifs (C(OH)–C–C–N with tert-alkyl or cyclic N) is 2. The van der Waals surface area contributed by atoms with Crippen LogP contribution >= 0.6 is 0 Å². The Kier molecular flexibility index (Phi) is 2.65. The zero-order valence-corrected chi connectivity index (χ0v) is 6.32. The minimum Gasteiger partial charge on any atom is -0.392 e. The molecule has 1 rings (SSSR count).